The summed E-state index contributed by atoms with van der Waals surface area (Å²) in [4.78, 5) is 19.1. The van der Waals surface area contributed by atoms with Crippen LogP contribution in [0.4, 0.5) is 8.78 Å². The van der Waals surface area contributed by atoms with Crippen LogP contribution in [0.25, 0.3) is 0 Å². The molecule has 0 fully saturated rings. The van der Waals surface area contributed by atoms with Gasteiger partial charge in [0, 0.05) is 48.2 Å². The number of H-pyrrole nitrogens is 1. The SMILES string of the molecule is O=C(CCc1[nH]c(=S)n2c1CC(c1c(F)ccc(Cl)c1F)C2)n1ccnc1. The fourth-order valence-electron chi connectivity index (χ4n) is 3.58. The quantitative estimate of drug-likeness (QED) is 0.517. The van der Waals surface area contributed by atoms with Crippen LogP contribution >= 0.6 is 23.8 Å². The van der Waals surface area contributed by atoms with Crippen LogP contribution in [-0.2, 0) is 19.4 Å². The molecule has 3 aromatic rings. The predicted molar refractivity (Wildman–Crippen MR) is 98.6 cm³/mol. The monoisotopic (exact) mass is 408 g/mol. The summed E-state index contributed by atoms with van der Waals surface area (Å²) in [5, 5.41) is -0.0979. The minimum atomic E-state index is -0.723. The molecule has 9 heteroatoms. The molecule has 1 unspecified atom stereocenters. The molecular weight excluding hydrogens is 394 g/mol. The molecule has 1 atom stereocenters. The lowest BCUT2D eigenvalue weighted by molar-refractivity contribution is 0.0902. The molecule has 0 saturated heterocycles. The van der Waals surface area contributed by atoms with Crippen LogP contribution in [0.3, 0.4) is 0 Å². The molecule has 3 heterocycles. The van der Waals surface area contributed by atoms with Gasteiger partial charge in [-0.15, -0.1) is 0 Å². The fourth-order valence-corrected chi connectivity index (χ4v) is 4.06. The van der Waals surface area contributed by atoms with Crippen LogP contribution in [0.1, 0.15) is 34.1 Å². The average Bonchev–Trinajstić information content (AvgIpc) is 3.36. The third-order valence-corrected chi connectivity index (χ3v) is 5.50. The second-order valence-electron chi connectivity index (χ2n) is 6.49. The van der Waals surface area contributed by atoms with Gasteiger partial charge in [-0.1, -0.05) is 11.6 Å². The Bertz CT molecular complexity index is 1070. The summed E-state index contributed by atoms with van der Waals surface area (Å²) < 4.78 is 32.4. The number of hydrogen-bond donors (Lipinski definition) is 1. The van der Waals surface area contributed by atoms with Crippen LogP contribution in [0.2, 0.25) is 5.02 Å². The lowest BCUT2D eigenvalue weighted by Gasteiger charge is -2.13. The zero-order valence-corrected chi connectivity index (χ0v) is 15.7. The van der Waals surface area contributed by atoms with Crippen LogP contribution in [0.15, 0.2) is 30.9 Å². The summed E-state index contributed by atoms with van der Waals surface area (Å²) in [5.41, 5.74) is 1.68. The average molecular weight is 409 g/mol. The highest BCUT2D eigenvalue weighted by Gasteiger charge is 2.31. The summed E-state index contributed by atoms with van der Waals surface area (Å²) >= 11 is 11.2. The summed E-state index contributed by atoms with van der Waals surface area (Å²) in [6, 6.07) is 2.39. The third kappa shape index (κ3) is 3.23. The molecule has 0 amide bonds. The molecule has 140 valence electrons. The Labute approximate surface area is 163 Å². The Hall–Kier alpha value is -2.32. The molecule has 1 aromatic carbocycles. The van der Waals surface area contributed by atoms with E-state index < -0.39 is 17.6 Å². The van der Waals surface area contributed by atoms with E-state index in [9.17, 15) is 13.6 Å². The van der Waals surface area contributed by atoms with Crippen molar-refractivity contribution in [3.05, 3.63) is 69.2 Å². The van der Waals surface area contributed by atoms with Gasteiger partial charge in [0.2, 0.25) is 5.91 Å². The Morgan fingerprint density at radius 1 is 1.41 bits per heavy atom. The zero-order valence-electron chi connectivity index (χ0n) is 14.1. The van der Waals surface area contributed by atoms with Crippen molar-refractivity contribution < 1.29 is 13.6 Å². The minimum absolute atomic E-state index is 0.0129. The maximum absolute atomic E-state index is 14.4. The normalized spacial score (nSPS) is 15.9. The summed E-state index contributed by atoms with van der Waals surface area (Å²) in [5.74, 6) is -1.81. The Balaban J connectivity index is 1.57. The number of nitrogens with one attached hydrogen (secondary N) is 1. The molecule has 0 radical (unpaired) electrons. The summed E-state index contributed by atoms with van der Waals surface area (Å²) in [6.07, 6.45) is 5.74. The van der Waals surface area contributed by atoms with Gasteiger partial charge >= 0.3 is 0 Å². The number of imidazole rings is 2. The number of halogens is 3. The van der Waals surface area contributed by atoms with E-state index in [4.69, 9.17) is 23.8 Å². The number of aromatic nitrogens is 4. The number of benzene rings is 1. The van der Waals surface area contributed by atoms with E-state index in [1.807, 2.05) is 4.57 Å². The summed E-state index contributed by atoms with van der Waals surface area (Å²) in [6.45, 7) is 0.369. The maximum atomic E-state index is 14.4. The second-order valence-corrected chi connectivity index (χ2v) is 7.28. The van der Waals surface area contributed by atoms with Gasteiger partial charge in [-0.2, -0.15) is 0 Å². The van der Waals surface area contributed by atoms with E-state index in [0.717, 1.165) is 11.4 Å². The van der Waals surface area contributed by atoms with Crippen molar-refractivity contribution in [2.24, 2.45) is 0 Å². The maximum Gasteiger partial charge on any atom is 0.232 e. The van der Waals surface area contributed by atoms with Gasteiger partial charge in [-0.3, -0.25) is 9.36 Å². The molecule has 0 saturated carbocycles. The highest BCUT2D eigenvalue weighted by atomic mass is 35.5. The number of carbonyl (C=O) groups excluding carboxylic acids is 1. The first-order chi connectivity index (χ1) is 13.0. The minimum Gasteiger partial charge on any atom is -0.334 e. The molecule has 4 rings (SSSR count). The van der Waals surface area contributed by atoms with Crippen molar-refractivity contribution in [2.45, 2.75) is 31.7 Å². The van der Waals surface area contributed by atoms with Gasteiger partial charge in [-0.05, 0) is 37.2 Å². The van der Waals surface area contributed by atoms with Gasteiger partial charge < -0.3 is 9.55 Å². The highest BCUT2D eigenvalue weighted by Crippen LogP contribution is 2.36. The van der Waals surface area contributed by atoms with Crippen molar-refractivity contribution in [1.82, 2.24) is 19.1 Å². The van der Waals surface area contributed by atoms with E-state index in [1.165, 1.54) is 23.0 Å². The molecule has 1 aliphatic rings. The number of carbonyl (C=O) groups is 1. The molecule has 27 heavy (non-hydrogen) atoms. The molecule has 5 nitrogen and oxygen atoms in total. The lowest BCUT2D eigenvalue weighted by atomic mass is 9.95. The van der Waals surface area contributed by atoms with Gasteiger partial charge in [-0.25, -0.2) is 13.8 Å². The number of fused-ring (bicyclic) bond motifs is 1. The molecule has 1 N–H and O–H groups in total. The largest absolute Gasteiger partial charge is 0.334 e. The van der Waals surface area contributed by atoms with Crippen LogP contribution in [0.5, 0.6) is 0 Å². The first-order valence-electron chi connectivity index (χ1n) is 8.40. The van der Waals surface area contributed by atoms with Crippen LogP contribution in [0, 0.1) is 16.4 Å². The first-order valence-corrected chi connectivity index (χ1v) is 9.19. The van der Waals surface area contributed by atoms with E-state index >= 15 is 0 Å². The molecule has 1 aliphatic heterocycles. The Morgan fingerprint density at radius 3 is 2.96 bits per heavy atom. The van der Waals surface area contributed by atoms with Gasteiger partial charge in [0.05, 0.1) is 5.02 Å². The van der Waals surface area contributed by atoms with Crippen LogP contribution < -0.4 is 0 Å². The standard InChI is InChI=1S/C18H15ClF2N4OS/c19-11-1-2-12(20)16(17(11)21)10-7-14-13(23-18(27)25(14)8-10)3-4-15(26)24-6-5-22-9-24/h1-2,5-6,9-10H,3-4,7-8H2,(H,23,27). The second kappa shape index (κ2) is 7.01. The van der Waals surface area contributed by atoms with Gasteiger partial charge in [0.25, 0.3) is 0 Å². The molecular formula is C18H15ClF2N4OS. The van der Waals surface area contributed by atoms with Gasteiger partial charge in [0.15, 0.2) is 4.77 Å². The van der Waals surface area contributed by atoms with Crippen molar-refractivity contribution in [1.29, 1.82) is 0 Å². The number of aryl methyl sites for hydroxylation is 1. The van der Waals surface area contributed by atoms with E-state index in [1.54, 1.807) is 12.4 Å². The summed E-state index contributed by atoms with van der Waals surface area (Å²) in [7, 11) is 0. The van der Waals surface area contributed by atoms with Crippen molar-refractivity contribution >= 4 is 29.7 Å². The van der Waals surface area contributed by atoms with Crippen molar-refractivity contribution in [2.75, 3.05) is 0 Å². The molecule has 2 aromatic heterocycles. The Kier molecular flexibility index (Phi) is 4.69. The highest BCUT2D eigenvalue weighted by molar-refractivity contribution is 7.71. The Morgan fingerprint density at radius 2 is 2.22 bits per heavy atom. The zero-order chi connectivity index (χ0) is 19.1. The third-order valence-electron chi connectivity index (χ3n) is 4.89. The van der Waals surface area contributed by atoms with Gasteiger partial charge in [0.1, 0.15) is 18.0 Å². The van der Waals surface area contributed by atoms with E-state index in [0.29, 0.717) is 24.2 Å². The van der Waals surface area contributed by atoms with E-state index in [2.05, 4.69) is 9.97 Å². The smallest absolute Gasteiger partial charge is 0.232 e. The fraction of sp³-hybridized carbons (Fsp3) is 0.278. The molecule has 0 bridgehead atoms. The molecule has 0 aliphatic carbocycles. The number of nitrogens with zero attached hydrogens (tertiary/aromatic N) is 3. The van der Waals surface area contributed by atoms with Crippen molar-refractivity contribution in [3.63, 3.8) is 0 Å². The topological polar surface area (TPSA) is 55.6 Å². The number of rotatable bonds is 4. The predicted octanol–water partition coefficient (Wildman–Crippen LogP) is 4.29. The van der Waals surface area contributed by atoms with E-state index in [-0.39, 0.29) is 22.9 Å². The van der Waals surface area contributed by atoms with Crippen molar-refractivity contribution in [3.8, 4) is 0 Å². The number of hydrogen-bond acceptors (Lipinski definition) is 3. The van der Waals surface area contributed by atoms with Crippen LogP contribution in [-0.4, -0.2) is 25.0 Å². The first kappa shape index (κ1) is 18.1. The number of aromatic amines is 1. The lowest BCUT2D eigenvalue weighted by Crippen LogP contribution is -2.10. The molecule has 0 spiro atoms.